The summed E-state index contributed by atoms with van der Waals surface area (Å²) in [6.07, 6.45) is 3.81. The maximum Gasteiger partial charge on any atom is 0.216 e. The number of likely N-dealkylation sites (tertiary alicyclic amines) is 1. The van der Waals surface area contributed by atoms with Crippen molar-refractivity contribution in [3.63, 3.8) is 0 Å². The molecule has 0 bridgehead atoms. The van der Waals surface area contributed by atoms with Crippen LogP contribution in [0.3, 0.4) is 0 Å². The van der Waals surface area contributed by atoms with Gasteiger partial charge in [-0.3, -0.25) is 4.90 Å². The lowest BCUT2D eigenvalue weighted by molar-refractivity contribution is -0.196. The Morgan fingerprint density at radius 1 is 1.62 bits per heavy atom. The molecule has 0 aliphatic carbocycles. The molecule has 3 heteroatoms. The van der Waals surface area contributed by atoms with Gasteiger partial charge in [-0.25, -0.2) is 0 Å². The first-order valence-corrected chi connectivity index (χ1v) is 5.31. The van der Waals surface area contributed by atoms with E-state index in [1.165, 1.54) is 12.8 Å². The van der Waals surface area contributed by atoms with E-state index in [2.05, 4.69) is 13.8 Å². The summed E-state index contributed by atoms with van der Waals surface area (Å²) >= 11 is 0. The third-order valence-corrected chi connectivity index (χ3v) is 2.65. The van der Waals surface area contributed by atoms with Crippen LogP contribution in [0.25, 0.3) is 0 Å². The number of rotatable bonds is 5. The Morgan fingerprint density at radius 3 is 2.92 bits per heavy atom. The zero-order valence-corrected chi connectivity index (χ0v) is 8.70. The Labute approximate surface area is 80.7 Å². The van der Waals surface area contributed by atoms with Crippen molar-refractivity contribution in [2.75, 3.05) is 13.2 Å². The summed E-state index contributed by atoms with van der Waals surface area (Å²) in [5.74, 6) is 0. The molecule has 0 aromatic heterocycles. The van der Waals surface area contributed by atoms with Crippen molar-refractivity contribution >= 4 is 0 Å². The molecule has 1 heterocycles. The predicted octanol–water partition coefficient (Wildman–Crippen LogP) is 1.56. The van der Waals surface area contributed by atoms with Crippen LogP contribution in [0.4, 0.5) is 0 Å². The van der Waals surface area contributed by atoms with Gasteiger partial charge in [0.15, 0.2) is 0 Å². The molecule has 0 saturated carbocycles. The average molecular weight is 187 g/mol. The second-order valence-corrected chi connectivity index (χ2v) is 3.78. The minimum absolute atomic E-state index is 0.469. The zero-order chi connectivity index (χ0) is 9.68. The van der Waals surface area contributed by atoms with Gasteiger partial charge in [-0.1, -0.05) is 13.3 Å². The monoisotopic (exact) mass is 187 g/mol. The lowest BCUT2D eigenvalue weighted by Gasteiger charge is -2.26. The van der Waals surface area contributed by atoms with Crippen LogP contribution in [-0.4, -0.2) is 35.6 Å². The third-order valence-electron chi connectivity index (χ3n) is 2.65. The summed E-state index contributed by atoms with van der Waals surface area (Å²) in [5.41, 5.74) is 0. The molecule has 1 fully saturated rings. The van der Waals surface area contributed by atoms with Crippen molar-refractivity contribution in [2.45, 2.75) is 52.0 Å². The Balaban J connectivity index is 2.18. The van der Waals surface area contributed by atoms with Crippen molar-refractivity contribution in [1.29, 1.82) is 0 Å². The third kappa shape index (κ3) is 3.25. The van der Waals surface area contributed by atoms with Gasteiger partial charge < -0.3 is 9.84 Å². The number of aliphatic hydroxyl groups excluding tert-OH is 1. The Kier molecular flexibility index (Phi) is 4.70. The zero-order valence-electron chi connectivity index (χ0n) is 8.70. The standard InChI is InChI=1S/C10H21NO2/c1-3-4-8-13-10(12)11-7-5-6-9(11)2/h9-10,12H,3-8H2,1-2H3. The van der Waals surface area contributed by atoms with E-state index in [0.29, 0.717) is 12.6 Å². The molecule has 0 spiro atoms. The SMILES string of the molecule is CCCCOC(O)N1CCCC1C. The van der Waals surface area contributed by atoms with Crippen molar-refractivity contribution in [3.05, 3.63) is 0 Å². The van der Waals surface area contributed by atoms with Gasteiger partial charge in [-0.15, -0.1) is 0 Å². The molecule has 1 N–H and O–H groups in total. The fourth-order valence-corrected chi connectivity index (χ4v) is 1.71. The van der Waals surface area contributed by atoms with E-state index >= 15 is 0 Å². The summed E-state index contributed by atoms with van der Waals surface area (Å²) in [5, 5.41) is 9.65. The molecule has 78 valence electrons. The highest BCUT2D eigenvalue weighted by Crippen LogP contribution is 2.18. The van der Waals surface area contributed by atoms with Crippen LogP contribution < -0.4 is 0 Å². The average Bonchev–Trinajstić information content (AvgIpc) is 2.52. The van der Waals surface area contributed by atoms with Crippen LogP contribution in [0.5, 0.6) is 0 Å². The van der Waals surface area contributed by atoms with E-state index in [4.69, 9.17) is 4.74 Å². The Bertz CT molecular complexity index is 141. The number of unbranched alkanes of at least 4 members (excludes halogenated alkanes) is 1. The van der Waals surface area contributed by atoms with E-state index in [1.54, 1.807) is 0 Å². The predicted molar refractivity (Wildman–Crippen MR) is 52.3 cm³/mol. The highest BCUT2D eigenvalue weighted by molar-refractivity contribution is 4.74. The number of nitrogens with zero attached hydrogens (tertiary/aromatic N) is 1. The van der Waals surface area contributed by atoms with Gasteiger partial charge >= 0.3 is 0 Å². The molecule has 1 aliphatic rings. The fraction of sp³-hybridized carbons (Fsp3) is 1.00. The first-order chi connectivity index (χ1) is 6.25. The normalized spacial score (nSPS) is 26.5. The summed E-state index contributed by atoms with van der Waals surface area (Å²) in [6, 6.07) is 0.469. The molecular weight excluding hydrogens is 166 g/mol. The Hall–Kier alpha value is -0.120. The lowest BCUT2D eigenvalue weighted by Crippen LogP contribution is -2.39. The smallest absolute Gasteiger partial charge is 0.216 e. The molecule has 0 amide bonds. The van der Waals surface area contributed by atoms with Crippen molar-refractivity contribution in [3.8, 4) is 0 Å². The minimum Gasteiger partial charge on any atom is -0.356 e. The van der Waals surface area contributed by atoms with Crippen molar-refractivity contribution in [2.24, 2.45) is 0 Å². The van der Waals surface area contributed by atoms with E-state index in [-0.39, 0.29) is 0 Å². The molecule has 1 rings (SSSR count). The van der Waals surface area contributed by atoms with Crippen LogP contribution in [-0.2, 0) is 4.74 Å². The summed E-state index contributed by atoms with van der Waals surface area (Å²) < 4.78 is 5.32. The molecule has 2 unspecified atom stereocenters. The highest BCUT2D eigenvalue weighted by Gasteiger charge is 2.26. The maximum atomic E-state index is 9.65. The van der Waals surface area contributed by atoms with E-state index in [9.17, 15) is 5.11 Å². The molecule has 0 aromatic carbocycles. The second-order valence-electron chi connectivity index (χ2n) is 3.78. The lowest BCUT2D eigenvalue weighted by atomic mass is 10.2. The van der Waals surface area contributed by atoms with Gasteiger partial charge in [0, 0.05) is 12.6 Å². The summed E-state index contributed by atoms with van der Waals surface area (Å²) in [4.78, 5) is 2.02. The van der Waals surface area contributed by atoms with Gasteiger partial charge in [-0.05, 0) is 26.2 Å². The summed E-state index contributed by atoms with van der Waals surface area (Å²) in [7, 11) is 0. The molecule has 0 aromatic rings. The molecule has 2 atom stereocenters. The number of hydrogen-bond donors (Lipinski definition) is 1. The summed E-state index contributed by atoms with van der Waals surface area (Å²) in [6.45, 7) is 5.89. The van der Waals surface area contributed by atoms with Crippen LogP contribution >= 0.6 is 0 Å². The van der Waals surface area contributed by atoms with Crippen LogP contribution in [0.1, 0.15) is 39.5 Å². The highest BCUT2D eigenvalue weighted by atomic mass is 16.6. The fourth-order valence-electron chi connectivity index (χ4n) is 1.71. The molecule has 1 saturated heterocycles. The number of hydrogen-bond acceptors (Lipinski definition) is 3. The first kappa shape index (κ1) is 11.0. The van der Waals surface area contributed by atoms with Gasteiger partial charge in [0.2, 0.25) is 6.41 Å². The Morgan fingerprint density at radius 2 is 2.38 bits per heavy atom. The minimum atomic E-state index is -0.677. The second kappa shape index (κ2) is 5.58. The van der Waals surface area contributed by atoms with Crippen molar-refractivity contribution < 1.29 is 9.84 Å². The first-order valence-electron chi connectivity index (χ1n) is 5.31. The number of ether oxygens (including phenoxy) is 1. The van der Waals surface area contributed by atoms with Crippen LogP contribution in [0, 0.1) is 0 Å². The van der Waals surface area contributed by atoms with E-state index in [0.717, 1.165) is 19.4 Å². The van der Waals surface area contributed by atoms with Gasteiger partial charge in [0.1, 0.15) is 0 Å². The molecule has 3 nitrogen and oxygen atoms in total. The largest absolute Gasteiger partial charge is 0.356 e. The topological polar surface area (TPSA) is 32.7 Å². The number of aliphatic hydroxyl groups is 1. The van der Waals surface area contributed by atoms with Crippen LogP contribution in [0.2, 0.25) is 0 Å². The maximum absolute atomic E-state index is 9.65. The van der Waals surface area contributed by atoms with Gasteiger partial charge in [0.05, 0.1) is 6.61 Å². The molecule has 13 heavy (non-hydrogen) atoms. The van der Waals surface area contributed by atoms with Crippen LogP contribution in [0.15, 0.2) is 0 Å². The molecule has 0 radical (unpaired) electrons. The molecule has 1 aliphatic heterocycles. The van der Waals surface area contributed by atoms with E-state index < -0.39 is 6.41 Å². The molecular formula is C10H21NO2. The van der Waals surface area contributed by atoms with Gasteiger partial charge in [0.25, 0.3) is 0 Å². The quantitative estimate of drug-likeness (QED) is 0.524. The van der Waals surface area contributed by atoms with Crippen molar-refractivity contribution in [1.82, 2.24) is 4.90 Å². The van der Waals surface area contributed by atoms with Gasteiger partial charge in [-0.2, -0.15) is 0 Å². The van der Waals surface area contributed by atoms with E-state index in [1.807, 2.05) is 4.90 Å².